The van der Waals surface area contributed by atoms with Crippen LogP contribution in [0.5, 0.6) is 0 Å². The normalized spacial score (nSPS) is 19.2. The average Bonchev–Trinajstić information content (AvgIpc) is 3.44. The molecule has 1 unspecified atom stereocenters. The van der Waals surface area contributed by atoms with Crippen LogP contribution in [0.1, 0.15) is 53.7 Å². The van der Waals surface area contributed by atoms with E-state index in [0.717, 1.165) is 60.6 Å². The number of thiazole rings is 1. The number of anilines is 1. The van der Waals surface area contributed by atoms with Crippen molar-refractivity contribution in [1.29, 1.82) is 0 Å². The van der Waals surface area contributed by atoms with Crippen molar-refractivity contribution in [1.82, 2.24) is 15.3 Å². The van der Waals surface area contributed by atoms with Gasteiger partial charge < -0.3 is 20.5 Å². The van der Waals surface area contributed by atoms with E-state index < -0.39 is 17.9 Å². The Balaban J connectivity index is 1.03. The first-order chi connectivity index (χ1) is 18.0. The Morgan fingerprint density at radius 1 is 1.24 bits per heavy atom. The van der Waals surface area contributed by atoms with Crippen LogP contribution in [0.3, 0.4) is 0 Å². The summed E-state index contributed by atoms with van der Waals surface area (Å²) in [6.45, 7) is 1.30. The summed E-state index contributed by atoms with van der Waals surface area (Å²) >= 11 is 1.48. The summed E-state index contributed by atoms with van der Waals surface area (Å²) in [5.74, 6) is 0.185. The van der Waals surface area contributed by atoms with Gasteiger partial charge in [-0.25, -0.2) is 9.78 Å². The quantitative estimate of drug-likeness (QED) is 0.340. The molecule has 1 amide bonds. The molecule has 3 N–H and O–H groups in total. The first-order valence-corrected chi connectivity index (χ1v) is 13.8. The van der Waals surface area contributed by atoms with Crippen molar-refractivity contribution in [2.45, 2.75) is 57.1 Å². The highest BCUT2D eigenvalue weighted by Crippen LogP contribution is 2.34. The fourth-order valence-corrected chi connectivity index (χ4v) is 5.55. The molecule has 0 radical (unpaired) electrons. The Kier molecular flexibility index (Phi) is 8.11. The van der Waals surface area contributed by atoms with Crippen LogP contribution in [-0.2, 0) is 22.4 Å². The monoisotopic (exact) mass is 520 g/mol. The van der Waals surface area contributed by atoms with Crippen LogP contribution in [0.15, 0.2) is 48.1 Å². The number of hydrogen-bond donors (Lipinski definition) is 3. The lowest BCUT2D eigenvalue weighted by Crippen LogP contribution is -2.42. The van der Waals surface area contributed by atoms with Crippen LogP contribution < -0.4 is 10.6 Å². The molecule has 194 valence electrons. The average molecular weight is 521 g/mol. The van der Waals surface area contributed by atoms with Crippen molar-refractivity contribution >= 4 is 29.0 Å². The summed E-state index contributed by atoms with van der Waals surface area (Å²) in [5.41, 5.74) is 5.48. The lowest BCUT2D eigenvalue weighted by molar-refractivity contribution is -0.140. The molecular formula is C28H32N4O4S. The number of aliphatic carboxylic acids is 1. The number of carboxylic acid groups (broad SMARTS) is 1. The van der Waals surface area contributed by atoms with E-state index in [0.29, 0.717) is 18.1 Å². The third kappa shape index (κ3) is 6.53. The van der Waals surface area contributed by atoms with E-state index in [1.807, 2.05) is 6.07 Å². The number of ether oxygens (including phenoxy) is 1. The van der Waals surface area contributed by atoms with Crippen LogP contribution in [0.4, 0.5) is 5.82 Å². The number of aryl methyl sites for hydroxylation is 2. The minimum absolute atomic E-state index is 0.157. The molecule has 1 aliphatic heterocycles. The van der Waals surface area contributed by atoms with Gasteiger partial charge in [-0.15, -0.1) is 11.3 Å². The second-order valence-electron chi connectivity index (χ2n) is 9.81. The predicted octanol–water partition coefficient (Wildman–Crippen LogP) is 4.56. The van der Waals surface area contributed by atoms with Gasteiger partial charge in [0, 0.05) is 37.0 Å². The van der Waals surface area contributed by atoms with Crippen molar-refractivity contribution in [3.8, 4) is 10.4 Å². The first-order valence-electron chi connectivity index (χ1n) is 12.9. The Labute approximate surface area is 220 Å². The van der Waals surface area contributed by atoms with Crippen molar-refractivity contribution in [2.24, 2.45) is 5.92 Å². The van der Waals surface area contributed by atoms with Crippen LogP contribution in [0.25, 0.3) is 10.4 Å². The summed E-state index contributed by atoms with van der Waals surface area (Å²) < 4.78 is 5.92. The van der Waals surface area contributed by atoms with Crippen molar-refractivity contribution in [3.63, 3.8) is 0 Å². The number of pyridine rings is 1. The summed E-state index contributed by atoms with van der Waals surface area (Å²) in [7, 11) is 0. The van der Waals surface area contributed by atoms with Crippen molar-refractivity contribution in [2.75, 3.05) is 18.5 Å². The number of rotatable bonds is 11. The number of fused-ring (bicyclic) bond motifs is 1. The molecule has 1 atom stereocenters. The van der Waals surface area contributed by atoms with E-state index in [4.69, 9.17) is 9.72 Å². The molecule has 0 saturated heterocycles. The fraction of sp³-hybridized carbons (Fsp3) is 0.429. The molecule has 2 aliphatic rings. The smallest absolute Gasteiger partial charge is 0.326 e. The maximum Gasteiger partial charge on any atom is 0.326 e. The molecule has 3 aromatic rings. The zero-order valence-electron chi connectivity index (χ0n) is 20.7. The molecule has 5 rings (SSSR count). The van der Waals surface area contributed by atoms with E-state index in [1.165, 1.54) is 23.3 Å². The van der Waals surface area contributed by atoms with E-state index >= 15 is 0 Å². The summed E-state index contributed by atoms with van der Waals surface area (Å²) in [6, 6.07) is 10.5. The van der Waals surface area contributed by atoms with Gasteiger partial charge in [-0.2, -0.15) is 0 Å². The zero-order valence-corrected chi connectivity index (χ0v) is 21.5. The maximum absolute atomic E-state index is 12.7. The number of nitrogens with one attached hydrogen (secondary N) is 2. The van der Waals surface area contributed by atoms with E-state index in [1.54, 1.807) is 29.9 Å². The number of carboxylic acids is 1. The van der Waals surface area contributed by atoms with Gasteiger partial charge in [0.05, 0.1) is 16.5 Å². The van der Waals surface area contributed by atoms with Crippen LogP contribution >= 0.6 is 11.3 Å². The molecule has 2 aromatic heterocycles. The maximum atomic E-state index is 12.7. The second kappa shape index (κ2) is 11.8. The van der Waals surface area contributed by atoms with Gasteiger partial charge >= 0.3 is 5.97 Å². The number of nitrogens with zero attached hydrogens (tertiary/aromatic N) is 2. The predicted molar refractivity (Wildman–Crippen MR) is 143 cm³/mol. The summed E-state index contributed by atoms with van der Waals surface area (Å²) in [6.07, 6.45) is 8.40. The molecule has 1 fully saturated rings. The number of benzene rings is 1. The van der Waals surface area contributed by atoms with Gasteiger partial charge in [-0.3, -0.25) is 9.78 Å². The molecule has 3 heterocycles. The largest absolute Gasteiger partial charge is 0.480 e. The Morgan fingerprint density at radius 3 is 2.95 bits per heavy atom. The number of carbonyl (C=O) groups excluding carboxylic acids is 1. The molecule has 1 aromatic carbocycles. The minimum atomic E-state index is -1.06. The zero-order chi connectivity index (χ0) is 25.6. The van der Waals surface area contributed by atoms with Crippen LogP contribution in [-0.4, -0.2) is 52.2 Å². The van der Waals surface area contributed by atoms with E-state index in [2.05, 4.69) is 27.8 Å². The molecule has 1 aliphatic carbocycles. The molecule has 9 heteroatoms. The van der Waals surface area contributed by atoms with Gasteiger partial charge in [0.2, 0.25) is 0 Å². The lowest BCUT2D eigenvalue weighted by atomic mass is 9.79. The Morgan fingerprint density at radius 2 is 2.14 bits per heavy atom. The Bertz CT molecular complexity index is 1230. The topological polar surface area (TPSA) is 113 Å². The van der Waals surface area contributed by atoms with Gasteiger partial charge in [0.15, 0.2) is 0 Å². The number of carbonyl (C=O) groups is 2. The number of hydrogen-bond acceptors (Lipinski definition) is 7. The summed E-state index contributed by atoms with van der Waals surface area (Å²) in [4.78, 5) is 34.3. The highest BCUT2D eigenvalue weighted by Gasteiger charge is 2.30. The van der Waals surface area contributed by atoms with Crippen molar-refractivity contribution < 1.29 is 19.4 Å². The standard InChI is InChI=1S/C28H32N4O4S/c33-27(21-4-1-3-20(15-21)25-16-29-17-37-25)32-24(28(34)35)10-12-36-23-13-18(14-23)6-8-22-9-7-19-5-2-11-30-26(19)31-22/h1,3-4,7,9,15-18,23-24H,2,5-6,8,10-14H2,(H,30,31)(H,32,33)(H,34,35)/t18-,23-,24?. The number of amides is 1. The van der Waals surface area contributed by atoms with E-state index in [9.17, 15) is 14.7 Å². The lowest BCUT2D eigenvalue weighted by Gasteiger charge is -2.35. The van der Waals surface area contributed by atoms with E-state index in [-0.39, 0.29) is 12.5 Å². The second-order valence-corrected chi connectivity index (χ2v) is 10.7. The van der Waals surface area contributed by atoms with Gasteiger partial charge in [0.1, 0.15) is 11.9 Å². The fourth-order valence-electron chi connectivity index (χ4n) is 4.93. The molecule has 0 bridgehead atoms. The third-order valence-electron chi connectivity index (χ3n) is 7.16. The van der Waals surface area contributed by atoms with Crippen LogP contribution in [0, 0.1) is 5.92 Å². The molecule has 8 nitrogen and oxygen atoms in total. The molecule has 0 spiro atoms. The van der Waals surface area contributed by atoms with Crippen LogP contribution in [0.2, 0.25) is 0 Å². The Hall–Kier alpha value is -3.30. The highest BCUT2D eigenvalue weighted by atomic mass is 32.1. The van der Waals surface area contributed by atoms with Gasteiger partial charge in [0.25, 0.3) is 5.91 Å². The first kappa shape index (κ1) is 25.4. The van der Waals surface area contributed by atoms with Gasteiger partial charge in [-0.05, 0) is 73.8 Å². The van der Waals surface area contributed by atoms with Crippen molar-refractivity contribution in [3.05, 3.63) is 64.9 Å². The SMILES string of the molecule is O=C(NC(CCO[C@H]1C[C@H](CCc2ccc3c(n2)NCCC3)C1)C(=O)O)c1cccc(-c2cncs2)c1. The summed E-state index contributed by atoms with van der Waals surface area (Å²) in [5, 5.41) is 15.7. The molecular weight excluding hydrogens is 488 g/mol. The van der Waals surface area contributed by atoms with Gasteiger partial charge in [-0.1, -0.05) is 18.2 Å². The third-order valence-corrected chi connectivity index (χ3v) is 7.98. The molecule has 1 saturated carbocycles. The molecule has 37 heavy (non-hydrogen) atoms. The number of aromatic nitrogens is 2. The minimum Gasteiger partial charge on any atom is -0.480 e. The highest BCUT2D eigenvalue weighted by molar-refractivity contribution is 7.13.